The van der Waals surface area contributed by atoms with Crippen molar-refractivity contribution >= 4 is 5.91 Å². The molecule has 1 amide bonds. The molecule has 0 aromatic heterocycles. The number of amides is 1. The highest BCUT2D eigenvalue weighted by Crippen LogP contribution is 2.26. The lowest BCUT2D eigenvalue weighted by atomic mass is 9.84. The quantitative estimate of drug-likeness (QED) is 0.711. The summed E-state index contributed by atoms with van der Waals surface area (Å²) in [6.07, 6.45) is 3.58. The molecule has 0 unspecified atom stereocenters. The van der Waals surface area contributed by atoms with Crippen molar-refractivity contribution in [2.45, 2.75) is 66.3 Å². The van der Waals surface area contributed by atoms with Gasteiger partial charge in [0, 0.05) is 19.0 Å². The summed E-state index contributed by atoms with van der Waals surface area (Å²) >= 11 is 0. The fourth-order valence-electron chi connectivity index (χ4n) is 2.02. The molecule has 3 nitrogen and oxygen atoms in total. The number of nitrogens with two attached hydrogens (primary N) is 1. The average molecular weight is 242 g/mol. The van der Waals surface area contributed by atoms with E-state index in [0.29, 0.717) is 19.0 Å². The van der Waals surface area contributed by atoms with Crippen LogP contribution in [0, 0.1) is 5.41 Å². The van der Waals surface area contributed by atoms with Gasteiger partial charge in [0.1, 0.15) is 0 Å². The first kappa shape index (κ1) is 16.4. The van der Waals surface area contributed by atoms with Crippen LogP contribution in [0.2, 0.25) is 0 Å². The monoisotopic (exact) mass is 242 g/mol. The van der Waals surface area contributed by atoms with E-state index < -0.39 is 0 Å². The highest BCUT2D eigenvalue weighted by Gasteiger charge is 2.21. The first-order chi connectivity index (χ1) is 7.84. The minimum absolute atomic E-state index is 0.180. The Balaban J connectivity index is 4.22. The van der Waals surface area contributed by atoms with E-state index in [1.165, 1.54) is 0 Å². The second-order valence-corrected chi connectivity index (χ2v) is 5.88. The van der Waals surface area contributed by atoms with Gasteiger partial charge in [-0.3, -0.25) is 4.79 Å². The van der Waals surface area contributed by atoms with E-state index in [1.54, 1.807) is 0 Å². The Labute approximate surface area is 107 Å². The van der Waals surface area contributed by atoms with Gasteiger partial charge in [0.25, 0.3) is 0 Å². The van der Waals surface area contributed by atoms with Crippen LogP contribution in [0.1, 0.15) is 60.3 Å². The minimum Gasteiger partial charge on any atom is -0.340 e. The zero-order valence-electron chi connectivity index (χ0n) is 12.3. The van der Waals surface area contributed by atoms with Gasteiger partial charge in [-0.15, -0.1) is 0 Å². The van der Waals surface area contributed by atoms with Crippen molar-refractivity contribution in [2.24, 2.45) is 11.1 Å². The van der Waals surface area contributed by atoms with E-state index >= 15 is 0 Å². The van der Waals surface area contributed by atoms with Gasteiger partial charge in [0.15, 0.2) is 0 Å². The van der Waals surface area contributed by atoms with Crippen molar-refractivity contribution in [3.63, 3.8) is 0 Å². The molecule has 102 valence electrons. The lowest BCUT2D eigenvalue weighted by Gasteiger charge is -2.29. The van der Waals surface area contributed by atoms with Crippen LogP contribution in [0.4, 0.5) is 0 Å². The molecule has 0 rings (SSSR count). The SMILES string of the molecule is CCCN(C(=O)CCC(C)(C)CCN)C(C)C. The van der Waals surface area contributed by atoms with Gasteiger partial charge in [0.2, 0.25) is 5.91 Å². The van der Waals surface area contributed by atoms with Gasteiger partial charge >= 0.3 is 0 Å². The molecule has 0 saturated carbocycles. The van der Waals surface area contributed by atoms with Gasteiger partial charge in [-0.2, -0.15) is 0 Å². The van der Waals surface area contributed by atoms with Crippen molar-refractivity contribution in [1.82, 2.24) is 4.90 Å². The normalized spacial score (nSPS) is 11.9. The fraction of sp³-hybridized carbons (Fsp3) is 0.929. The molecular weight excluding hydrogens is 212 g/mol. The summed E-state index contributed by atoms with van der Waals surface area (Å²) in [7, 11) is 0. The highest BCUT2D eigenvalue weighted by molar-refractivity contribution is 5.76. The Morgan fingerprint density at radius 2 is 1.88 bits per heavy atom. The molecule has 0 atom stereocenters. The summed E-state index contributed by atoms with van der Waals surface area (Å²) in [6.45, 7) is 12.2. The Morgan fingerprint density at radius 3 is 2.29 bits per heavy atom. The van der Waals surface area contributed by atoms with Gasteiger partial charge in [0.05, 0.1) is 0 Å². The predicted octanol–water partition coefficient (Wildman–Crippen LogP) is 2.79. The van der Waals surface area contributed by atoms with E-state index in [2.05, 4.69) is 34.6 Å². The van der Waals surface area contributed by atoms with Gasteiger partial charge in [-0.1, -0.05) is 20.8 Å². The van der Waals surface area contributed by atoms with Crippen molar-refractivity contribution in [3.05, 3.63) is 0 Å². The number of carbonyl (C=O) groups is 1. The second kappa shape index (κ2) is 7.70. The van der Waals surface area contributed by atoms with Crippen LogP contribution in [0.5, 0.6) is 0 Å². The maximum Gasteiger partial charge on any atom is 0.222 e. The Morgan fingerprint density at radius 1 is 1.29 bits per heavy atom. The Hall–Kier alpha value is -0.570. The first-order valence-electron chi connectivity index (χ1n) is 6.83. The minimum atomic E-state index is 0.180. The molecule has 3 heteroatoms. The number of carbonyl (C=O) groups excluding carboxylic acids is 1. The molecule has 0 saturated heterocycles. The molecule has 0 aromatic rings. The molecule has 0 aliphatic heterocycles. The van der Waals surface area contributed by atoms with Gasteiger partial charge < -0.3 is 10.6 Å². The van der Waals surface area contributed by atoms with E-state index in [0.717, 1.165) is 25.8 Å². The molecule has 0 aliphatic rings. The zero-order chi connectivity index (χ0) is 13.5. The molecule has 0 fully saturated rings. The summed E-state index contributed by atoms with van der Waals surface area (Å²) in [5, 5.41) is 0. The van der Waals surface area contributed by atoms with Gasteiger partial charge in [-0.05, 0) is 45.1 Å². The highest BCUT2D eigenvalue weighted by atomic mass is 16.2. The summed E-state index contributed by atoms with van der Waals surface area (Å²) < 4.78 is 0. The van der Waals surface area contributed by atoms with Crippen LogP contribution in [0.15, 0.2) is 0 Å². The molecule has 0 radical (unpaired) electrons. The summed E-state index contributed by atoms with van der Waals surface area (Å²) in [4.78, 5) is 14.1. The Kier molecular flexibility index (Phi) is 7.44. The molecule has 0 heterocycles. The number of nitrogens with zero attached hydrogens (tertiary/aromatic N) is 1. The van der Waals surface area contributed by atoms with E-state index in [9.17, 15) is 4.79 Å². The number of hydrogen-bond donors (Lipinski definition) is 1. The number of hydrogen-bond acceptors (Lipinski definition) is 2. The fourth-order valence-corrected chi connectivity index (χ4v) is 2.02. The molecule has 0 bridgehead atoms. The third-order valence-corrected chi connectivity index (χ3v) is 3.24. The number of rotatable bonds is 8. The van der Waals surface area contributed by atoms with Crippen LogP contribution in [-0.4, -0.2) is 29.9 Å². The molecular formula is C14H30N2O. The lowest BCUT2D eigenvalue weighted by Crippen LogP contribution is -2.38. The predicted molar refractivity (Wildman–Crippen MR) is 73.8 cm³/mol. The van der Waals surface area contributed by atoms with E-state index in [1.807, 2.05) is 4.90 Å². The summed E-state index contributed by atoms with van der Waals surface area (Å²) in [6, 6.07) is 0.306. The van der Waals surface area contributed by atoms with Crippen LogP contribution in [0.25, 0.3) is 0 Å². The molecule has 0 aliphatic carbocycles. The molecule has 0 aromatic carbocycles. The summed E-state index contributed by atoms with van der Waals surface area (Å²) in [5.74, 6) is 0.284. The van der Waals surface area contributed by atoms with Crippen molar-refractivity contribution in [2.75, 3.05) is 13.1 Å². The maximum absolute atomic E-state index is 12.1. The first-order valence-corrected chi connectivity index (χ1v) is 6.83. The van der Waals surface area contributed by atoms with E-state index in [-0.39, 0.29) is 11.3 Å². The molecule has 2 N–H and O–H groups in total. The van der Waals surface area contributed by atoms with Crippen LogP contribution < -0.4 is 5.73 Å². The molecule has 17 heavy (non-hydrogen) atoms. The standard InChI is InChI=1S/C14H30N2O/c1-6-11-16(12(2)3)13(17)7-8-14(4,5)9-10-15/h12H,6-11,15H2,1-5H3. The average Bonchev–Trinajstić information content (AvgIpc) is 2.22. The van der Waals surface area contributed by atoms with Crippen molar-refractivity contribution in [3.8, 4) is 0 Å². The van der Waals surface area contributed by atoms with Crippen molar-refractivity contribution in [1.29, 1.82) is 0 Å². The van der Waals surface area contributed by atoms with Crippen LogP contribution in [-0.2, 0) is 4.79 Å². The van der Waals surface area contributed by atoms with Crippen molar-refractivity contribution < 1.29 is 4.79 Å². The van der Waals surface area contributed by atoms with Crippen LogP contribution in [0.3, 0.4) is 0 Å². The third kappa shape index (κ3) is 6.67. The summed E-state index contributed by atoms with van der Waals surface area (Å²) in [5.41, 5.74) is 5.76. The lowest BCUT2D eigenvalue weighted by molar-refractivity contribution is -0.133. The topological polar surface area (TPSA) is 46.3 Å². The zero-order valence-corrected chi connectivity index (χ0v) is 12.3. The second-order valence-electron chi connectivity index (χ2n) is 5.88. The van der Waals surface area contributed by atoms with E-state index in [4.69, 9.17) is 5.73 Å². The van der Waals surface area contributed by atoms with Crippen LogP contribution >= 0.6 is 0 Å². The largest absolute Gasteiger partial charge is 0.340 e. The third-order valence-electron chi connectivity index (χ3n) is 3.24. The maximum atomic E-state index is 12.1. The smallest absolute Gasteiger partial charge is 0.222 e. The Bertz CT molecular complexity index is 224. The molecule has 0 spiro atoms. The van der Waals surface area contributed by atoms with Gasteiger partial charge in [-0.25, -0.2) is 0 Å².